The lowest BCUT2D eigenvalue weighted by atomic mass is 10.2. The van der Waals surface area contributed by atoms with Crippen molar-refractivity contribution in [1.82, 2.24) is 14.7 Å². The van der Waals surface area contributed by atoms with E-state index in [1.165, 1.54) is 4.57 Å². The van der Waals surface area contributed by atoms with Crippen molar-refractivity contribution in [2.75, 3.05) is 0 Å². The van der Waals surface area contributed by atoms with Crippen molar-refractivity contribution >= 4 is 17.3 Å². The van der Waals surface area contributed by atoms with Crippen LogP contribution in [0.4, 0.5) is 0 Å². The summed E-state index contributed by atoms with van der Waals surface area (Å²) in [5, 5.41) is 5.59. The molecule has 0 radical (unpaired) electrons. The first-order chi connectivity index (χ1) is 11.5. The highest BCUT2D eigenvalue weighted by molar-refractivity contribution is 7.07. The highest BCUT2D eigenvalue weighted by Gasteiger charge is 2.20. The highest BCUT2D eigenvalue weighted by Crippen LogP contribution is 2.20. The van der Waals surface area contributed by atoms with E-state index in [2.05, 4.69) is 10.1 Å². The van der Waals surface area contributed by atoms with E-state index >= 15 is 0 Å². The zero-order chi connectivity index (χ0) is 17.1. The van der Waals surface area contributed by atoms with E-state index in [0.717, 1.165) is 22.6 Å². The Morgan fingerprint density at radius 3 is 2.79 bits per heavy atom. The molecule has 124 valence electrons. The predicted molar refractivity (Wildman–Crippen MR) is 87.6 cm³/mol. The molecule has 0 spiro atoms. The van der Waals surface area contributed by atoms with E-state index in [1.807, 2.05) is 30.3 Å². The van der Waals surface area contributed by atoms with Crippen molar-refractivity contribution in [2.24, 2.45) is 0 Å². The maximum absolute atomic E-state index is 12.0. The van der Waals surface area contributed by atoms with Crippen LogP contribution in [-0.2, 0) is 16.1 Å². The standard InChI is InChI=1S/C16H15N3O4S/c1-10-9-24-16(21)19(10)8-13(20)22-11(2)15-17-14(18-23-15)12-6-4-3-5-7-12/h3-7,9,11H,8H2,1-2H3/t11-/m0/s1. The minimum Gasteiger partial charge on any atom is -0.451 e. The molecule has 0 saturated carbocycles. The van der Waals surface area contributed by atoms with Crippen LogP contribution < -0.4 is 4.87 Å². The summed E-state index contributed by atoms with van der Waals surface area (Å²) in [6.45, 7) is 3.26. The van der Waals surface area contributed by atoms with Crippen molar-refractivity contribution in [1.29, 1.82) is 0 Å². The van der Waals surface area contributed by atoms with Crippen molar-refractivity contribution in [3.05, 3.63) is 57.0 Å². The van der Waals surface area contributed by atoms with E-state index in [-0.39, 0.29) is 17.3 Å². The minimum absolute atomic E-state index is 0.141. The van der Waals surface area contributed by atoms with Gasteiger partial charge in [0.25, 0.3) is 5.89 Å². The first-order valence-corrected chi connectivity index (χ1v) is 8.16. The van der Waals surface area contributed by atoms with Gasteiger partial charge in [0, 0.05) is 16.6 Å². The molecule has 3 aromatic rings. The Hall–Kier alpha value is -2.74. The van der Waals surface area contributed by atoms with Gasteiger partial charge in [-0.05, 0) is 13.8 Å². The molecule has 2 heterocycles. The number of nitrogens with zero attached hydrogens (tertiary/aromatic N) is 3. The van der Waals surface area contributed by atoms with Crippen molar-refractivity contribution in [3.8, 4) is 11.4 Å². The van der Waals surface area contributed by atoms with Crippen molar-refractivity contribution < 1.29 is 14.1 Å². The van der Waals surface area contributed by atoms with Gasteiger partial charge in [0.1, 0.15) is 6.54 Å². The van der Waals surface area contributed by atoms with Crippen LogP contribution in [-0.4, -0.2) is 20.7 Å². The monoisotopic (exact) mass is 345 g/mol. The SMILES string of the molecule is Cc1csc(=O)n1CC(=O)O[C@@H](C)c1nc(-c2ccccc2)no1. The summed E-state index contributed by atoms with van der Waals surface area (Å²) in [6.07, 6.45) is -0.697. The molecule has 7 nitrogen and oxygen atoms in total. The first-order valence-electron chi connectivity index (χ1n) is 7.28. The number of esters is 1. The number of ether oxygens (including phenoxy) is 1. The fraction of sp³-hybridized carbons (Fsp3) is 0.250. The molecule has 2 aromatic heterocycles. The summed E-state index contributed by atoms with van der Waals surface area (Å²) < 4.78 is 11.8. The Balaban J connectivity index is 1.67. The van der Waals surface area contributed by atoms with E-state index < -0.39 is 12.1 Å². The number of hydrogen-bond acceptors (Lipinski definition) is 7. The molecule has 0 aliphatic heterocycles. The van der Waals surface area contributed by atoms with E-state index in [4.69, 9.17) is 9.26 Å². The second-order valence-electron chi connectivity index (χ2n) is 5.18. The second-order valence-corrected chi connectivity index (χ2v) is 6.00. The molecule has 24 heavy (non-hydrogen) atoms. The van der Waals surface area contributed by atoms with Gasteiger partial charge in [-0.2, -0.15) is 4.98 Å². The zero-order valence-electron chi connectivity index (χ0n) is 13.1. The number of aromatic nitrogens is 3. The summed E-state index contributed by atoms with van der Waals surface area (Å²) in [4.78, 5) is 27.7. The quantitative estimate of drug-likeness (QED) is 0.661. The average Bonchev–Trinajstić information content (AvgIpc) is 3.18. The maximum Gasteiger partial charge on any atom is 0.326 e. The van der Waals surface area contributed by atoms with Gasteiger partial charge in [-0.1, -0.05) is 46.8 Å². The summed E-state index contributed by atoms with van der Waals surface area (Å²) in [7, 11) is 0. The summed E-state index contributed by atoms with van der Waals surface area (Å²) >= 11 is 1.05. The third-order valence-corrected chi connectivity index (χ3v) is 4.27. The van der Waals surface area contributed by atoms with Crippen LogP contribution in [0, 0.1) is 6.92 Å². The van der Waals surface area contributed by atoms with Gasteiger partial charge >= 0.3 is 10.8 Å². The highest BCUT2D eigenvalue weighted by atomic mass is 32.1. The van der Waals surface area contributed by atoms with E-state index in [1.54, 1.807) is 19.2 Å². The Bertz CT molecular complexity index is 897. The molecule has 1 atom stereocenters. The fourth-order valence-electron chi connectivity index (χ4n) is 2.11. The molecular formula is C16H15N3O4S. The molecule has 0 aliphatic rings. The third-order valence-electron chi connectivity index (χ3n) is 3.39. The average molecular weight is 345 g/mol. The van der Waals surface area contributed by atoms with Gasteiger partial charge in [0.05, 0.1) is 0 Å². The third kappa shape index (κ3) is 3.43. The lowest BCUT2D eigenvalue weighted by Gasteiger charge is -2.09. The van der Waals surface area contributed by atoms with Gasteiger partial charge in [-0.3, -0.25) is 14.2 Å². The van der Waals surface area contributed by atoms with Crippen LogP contribution in [0.3, 0.4) is 0 Å². The van der Waals surface area contributed by atoms with Crippen molar-refractivity contribution in [3.63, 3.8) is 0 Å². The summed E-state index contributed by atoms with van der Waals surface area (Å²) in [5.74, 6) is 0.0977. The fourth-order valence-corrected chi connectivity index (χ4v) is 2.85. The Labute approximate surface area is 141 Å². The molecule has 1 aromatic carbocycles. The van der Waals surface area contributed by atoms with Gasteiger partial charge in [0.2, 0.25) is 5.82 Å². The molecule has 0 bridgehead atoms. The molecule has 0 saturated heterocycles. The Morgan fingerprint density at radius 2 is 2.12 bits per heavy atom. The predicted octanol–water partition coefficient (Wildman–Crippen LogP) is 2.57. The van der Waals surface area contributed by atoms with Gasteiger partial charge < -0.3 is 9.26 Å². The number of carbonyl (C=O) groups excluding carboxylic acids is 1. The van der Waals surface area contributed by atoms with Crippen LogP contribution in [0.15, 0.2) is 45.0 Å². The van der Waals surface area contributed by atoms with E-state index in [0.29, 0.717) is 5.82 Å². The van der Waals surface area contributed by atoms with Gasteiger partial charge in [-0.25, -0.2) is 0 Å². The number of hydrogen-bond donors (Lipinski definition) is 0. The summed E-state index contributed by atoms with van der Waals surface area (Å²) in [6, 6.07) is 9.35. The molecule has 0 amide bonds. The van der Waals surface area contributed by atoms with Gasteiger partial charge in [-0.15, -0.1) is 0 Å². The molecule has 0 N–H and O–H groups in total. The largest absolute Gasteiger partial charge is 0.451 e. The van der Waals surface area contributed by atoms with Crippen LogP contribution in [0.25, 0.3) is 11.4 Å². The van der Waals surface area contributed by atoms with Crippen LogP contribution in [0.2, 0.25) is 0 Å². The van der Waals surface area contributed by atoms with Crippen molar-refractivity contribution in [2.45, 2.75) is 26.5 Å². The molecule has 0 unspecified atom stereocenters. The number of benzene rings is 1. The number of carbonyl (C=O) groups is 1. The van der Waals surface area contributed by atoms with Crippen LogP contribution >= 0.6 is 11.3 Å². The molecule has 3 rings (SSSR count). The number of thiazole rings is 1. The first kappa shape index (κ1) is 16.1. The summed E-state index contributed by atoms with van der Waals surface area (Å²) in [5.41, 5.74) is 1.53. The number of aryl methyl sites for hydroxylation is 1. The molecule has 8 heteroatoms. The van der Waals surface area contributed by atoms with Crippen LogP contribution in [0.1, 0.15) is 24.6 Å². The topological polar surface area (TPSA) is 87.2 Å². The van der Waals surface area contributed by atoms with Gasteiger partial charge in [0.15, 0.2) is 6.10 Å². The molecule has 0 fully saturated rings. The normalized spacial score (nSPS) is 12.1. The Kier molecular flexibility index (Phi) is 4.57. The number of rotatable bonds is 5. The lowest BCUT2D eigenvalue weighted by Crippen LogP contribution is -2.23. The smallest absolute Gasteiger partial charge is 0.326 e. The minimum atomic E-state index is -0.697. The molecular weight excluding hydrogens is 330 g/mol. The van der Waals surface area contributed by atoms with E-state index in [9.17, 15) is 9.59 Å². The lowest BCUT2D eigenvalue weighted by molar-refractivity contribution is -0.150. The Morgan fingerprint density at radius 1 is 1.38 bits per heavy atom. The second kappa shape index (κ2) is 6.79. The van der Waals surface area contributed by atoms with Crippen LogP contribution in [0.5, 0.6) is 0 Å². The zero-order valence-corrected chi connectivity index (χ0v) is 13.9. The maximum atomic E-state index is 12.0. The molecule has 0 aliphatic carbocycles.